The van der Waals surface area contributed by atoms with Crippen molar-refractivity contribution in [2.75, 3.05) is 11.5 Å². The summed E-state index contributed by atoms with van der Waals surface area (Å²) in [5.41, 5.74) is -1.24. The van der Waals surface area contributed by atoms with Crippen molar-refractivity contribution in [3.8, 4) is 0 Å². The van der Waals surface area contributed by atoms with Crippen molar-refractivity contribution in [1.82, 2.24) is 5.32 Å². The van der Waals surface area contributed by atoms with Gasteiger partial charge in [-0.15, -0.1) is 0 Å². The van der Waals surface area contributed by atoms with Gasteiger partial charge in [0.25, 0.3) is 0 Å². The van der Waals surface area contributed by atoms with Gasteiger partial charge in [0, 0.05) is 6.04 Å². The van der Waals surface area contributed by atoms with Crippen LogP contribution in [0.3, 0.4) is 0 Å². The molecule has 5 nitrogen and oxygen atoms in total. The Hall–Kier alpha value is -0.620. The molecule has 1 aliphatic carbocycles. The van der Waals surface area contributed by atoms with Gasteiger partial charge in [-0.1, -0.05) is 25.7 Å². The summed E-state index contributed by atoms with van der Waals surface area (Å²) >= 11 is 0. The third-order valence-electron chi connectivity index (χ3n) is 4.05. The Morgan fingerprint density at radius 3 is 2.22 bits per heavy atom. The van der Waals surface area contributed by atoms with Crippen LogP contribution in [-0.2, 0) is 14.6 Å². The maximum absolute atomic E-state index is 11.6. The number of hydrogen-bond acceptors (Lipinski definition) is 4. The minimum absolute atomic E-state index is 0.0149. The van der Waals surface area contributed by atoms with Crippen molar-refractivity contribution in [3.63, 3.8) is 0 Å². The molecule has 1 aliphatic heterocycles. The molecule has 1 atom stereocenters. The molecule has 2 N–H and O–H groups in total. The first-order valence-electron chi connectivity index (χ1n) is 6.65. The predicted molar refractivity (Wildman–Crippen MR) is 68.3 cm³/mol. The van der Waals surface area contributed by atoms with E-state index in [1.165, 1.54) is 12.8 Å². The van der Waals surface area contributed by atoms with E-state index in [9.17, 15) is 18.3 Å². The molecular formula is C12H21NO4S. The monoisotopic (exact) mass is 275 g/mol. The molecule has 6 heteroatoms. The standard InChI is InChI=1S/C12H21NO4S/c14-11(15)12(7-8-18(16,17)9-12)13-10-5-3-1-2-4-6-10/h10,13H,1-9H2,(H,14,15). The maximum atomic E-state index is 11.6. The molecule has 1 unspecified atom stereocenters. The highest BCUT2D eigenvalue weighted by molar-refractivity contribution is 7.91. The normalized spacial score (nSPS) is 33.1. The lowest BCUT2D eigenvalue weighted by molar-refractivity contribution is -0.144. The fourth-order valence-corrected chi connectivity index (χ4v) is 4.91. The van der Waals surface area contributed by atoms with E-state index in [2.05, 4.69) is 5.32 Å². The second kappa shape index (κ2) is 5.17. The van der Waals surface area contributed by atoms with Gasteiger partial charge in [0.05, 0.1) is 11.5 Å². The number of carbonyl (C=O) groups is 1. The maximum Gasteiger partial charge on any atom is 0.325 e. The minimum atomic E-state index is -3.20. The fourth-order valence-electron chi connectivity index (χ4n) is 3.01. The molecule has 0 spiro atoms. The number of aliphatic carboxylic acids is 1. The van der Waals surface area contributed by atoms with Crippen LogP contribution in [0.15, 0.2) is 0 Å². The molecule has 2 fully saturated rings. The molecule has 1 heterocycles. The summed E-state index contributed by atoms with van der Waals surface area (Å²) in [6.45, 7) is 0. The quantitative estimate of drug-likeness (QED) is 0.749. The topological polar surface area (TPSA) is 83.5 Å². The van der Waals surface area contributed by atoms with E-state index in [4.69, 9.17) is 0 Å². The third-order valence-corrected chi connectivity index (χ3v) is 5.81. The molecule has 1 saturated heterocycles. The van der Waals surface area contributed by atoms with Crippen molar-refractivity contribution in [2.45, 2.75) is 56.5 Å². The zero-order chi connectivity index (χ0) is 13.2. The molecule has 0 radical (unpaired) electrons. The molecule has 0 bridgehead atoms. The Balaban J connectivity index is 2.09. The summed E-state index contributed by atoms with van der Waals surface area (Å²) in [5, 5.41) is 12.5. The van der Waals surface area contributed by atoms with Crippen molar-refractivity contribution < 1.29 is 18.3 Å². The Kier molecular flexibility index (Phi) is 3.96. The summed E-state index contributed by atoms with van der Waals surface area (Å²) in [4.78, 5) is 11.4. The first-order chi connectivity index (χ1) is 8.44. The molecule has 0 aromatic carbocycles. The fraction of sp³-hybridized carbons (Fsp3) is 0.917. The Labute approximate surface area is 108 Å². The summed E-state index contributed by atoms with van der Waals surface area (Å²) in [5.74, 6) is -1.29. The number of hydrogen-bond donors (Lipinski definition) is 2. The zero-order valence-electron chi connectivity index (χ0n) is 10.5. The number of sulfone groups is 1. The van der Waals surface area contributed by atoms with E-state index < -0.39 is 21.3 Å². The average molecular weight is 275 g/mol. The molecule has 1 saturated carbocycles. The average Bonchev–Trinajstić information content (AvgIpc) is 2.49. The number of nitrogens with one attached hydrogen (secondary N) is 1. The second-order valence-corrected chi connectivity index (χ2v) is 7.75. The van der Waals surface area contributed by atoms with Crippen molar-refractivity contribution >= 4 is 15.8 Å². The smallest absolute Gasteiger partial charge is 0.325 e. The van der Waals surface area contributed by atoms with E-state index >= 15 is 0 Å². The van der Waals surface area contributed by atoms with Crippen molar-refractivity contribution in [2.24, 2.45) is 0 Å². The van der Waals surface area contributed by atoms with E-state index in [1.54, 1.807) is 0 Å². The van der Waals surface area contributed by atoms with Gasteiger partial charge in [-0.05, 0) is 19.3 Å². The second-order valence-electron chi connectivity index (χ2n) is 5.56. The van der Waals surface area contributed by atoms with Gasteiger partial charge >= 0.3 is 5.97 Å². The summed E-state index contributed by atoms with van der Waals surface area (Å²) in [6, 6.07) is 0.150. The van der Waals surface area contributed by atoms with Crippen LogP contribution in [0.4, 0.5) is 0 Å². The van der Waals surface area contributed by atoms with Crippen molar-refractivity contribution in [1.29, 1.82) is 0 Å². The van der Waals surface area contributed by atoms with E-state index in [-0.39, 0.29) is 24.0 Å². The number of carboxylic acids is 1. The number of rotatable bonds is 3. The lowest BCUT2D eigenvalue weighted by Crippen LogP contribution is -2.56. The molecule has 0 aromatic heterocycles. The van der Waals surface area contributed by atoms with Crippen LogP contribution in [0, 0.1) is 0 Å². The van der Waals surface area contributed by atoms with Gasteiger partial charge in [-0.25, -0.2) is 8.42 Å². The highest BCUT2D eigenvalue weighted by Crippen LogP contribution is 2.27. The lowest BCUT2D eigenvalue weighted by Gasteiger charge is -2.29. The summed E-state index contributed by atoms with van der Waals surface area (Å²) < 4.78 is 23.1. The van der Waals surface area contributed by atoms with Gasteiger partial charge in [-0.2, -0.15) is 0 Å². The van der Waals surface area contributed by atoms with Gasteiger partial charge in [0.2, 0.25) is 0 Å². The van der Waals surface area contributed by atoms with E-state index in [0.717, 1.165) is 25.7 Å². The highest BCUT2D eigenvalue weighted by Gasteiger charge is 2.49. The largest absolute Gasteiger partial charge is 0.480 e. The lowest BCUT2D eigenvalue weighted by atomic mass is 9.96. The van der Waals surface area contributed by atoms with Crippen LogP contribution in [0.25, 0.3) is 0 Å². The van der Waals surface area contributed by atoms with Gasteiger partial charge < -0.3 is 5.11 Å². The van der Waals surface area contributed by atoms with Gasteiger partial charge in [0.15, 0.2) is 9.84 Å². The summed E-state index contributed by atoms with van der Waals surface area (Å²) in [6.07, 6.45) is 6.68. The molecule has 0 amide bonds. The highest BCUT2D eigenvalue weighted by atomic mass is 32.2. The zero-order valence-corrected chi connectivity index (χ0v) is 11.3. The van der Waals surface area contributed by atoms with Gasteiger partial charge in [-0.3, -0.25) is 10.1 Å². The van der Waals surface area contributed by atoms with Crippen LogP contribution in [-0.4, -0.2) is 42.6 Å². The molecular weight excluding hydrogens is 254 g/mol. The van der Waals surface area contributed by atoms with Gasteiger partial charge in [0.1, 0.15) is 5.54 Å². The predicted octanol–water partition coefficient (Wildman–Crippen LogP) is 0.941. The molecule has 2 aliphatic rings. The van der Waals surface area contributed by atoms with Crippen LogP contribution in [0.1, 0.15) is 44.9 Å². The molecule has 0 aromatic rings. The Morgan fingerprint density at radius 1 is 1.17 bits per heavy atom. The van der Waals surface area contributed by atoms with E-state index in [0.29, 0.717) is 0 Å². The SMILES string of the molecule is O=C(O)C1(NC2CCCCCC2)CCS(=O)(=O)C1. The van der Waals surface area contributed by atoms with Crippen molar-refractivity contribution in [3.05, 3.63) is 0 Å². The first kappa shape index (κ1) is 13.8. The minimum Gasteiger partial charge on any atom is -0.480 e. The van der Waals surface area contributed by atoms with Crippen LogP contribution < -0.4 is 5.32 Å². The van der Waals surface area contributed by atoms with E-state index in [1.807, 2.05) is 0 Å². The summed E-state index contributed by atoms with van der Waals surface area (Å²) in [7, 11) is -3.20. The Bertz CT molecular complexity index is 412. The third kappa shape index (κ3) is 3.03. The van der Waals surface area contributed by atoms with Crippen LogP contribution >= 0.6 is 0 Å². The molecule has 18 heavy (non-hydrogen) atoms. The van der Waals surface area contributed by atoms with Crippen LogP contribution in [0.5, 0.6) is 0 Å². The number of carboxylic acid groups (broad SMARTS) is 1. The molecule has 104 valence electrons. The Morgan fingerprint density at radius 2 is 1.78 bits per heavy atom. The first-order valence-corrected chi connectivity index (χ1v) is 8.47. The molecule has 2 rings (SSSR count). The van der Waals surface area contributed by atoms with Crippen LogP contribution in [0.2, 0.25) is 0 Å².